The summed E-state index contributed by atoms with van der Waals surface area (Å²) in [6.45, 7) is 0. The second-order valence-corrected chi connectivity index (χ2v) is 11.6. The molecule has 0 N–H and O–H groups in total. The summed E-state index contributed by atoms with van der Waals surface area (Å²) in [6, 6.07) is 59.6. The lowest BCUT2D eigenvalue weighted by Crippen LogP contribution is -2.10. The zero-order chi connectivity index (χ0) is 30.5. The highest BCUT2D eigenvalue weighted by Gasteiger charge is 2.20. The fourth-order valence-corrected chi connectivity index (χ4v) is 6.59. The lowest BCUT2D eigenvalue weighted by atomic mass is 9.97. The van der Waals surface area contributed by atoms with E-state index in [0.29, 0.717) is 0 Å². The Hall–Kier alpha value is -6.19. The van der Waals surface area contributed by atoms with Gasteiger partial charge in [-0.3, -0.25) is 0 Å². The first-order valence-corrected chi connectivity index (χ1v) is 15.5. The molecule has 0 atom stereocenters. The van der Waals surface area contributed by atoms with Crippen LogP contribution in [0.15, 0.2) is 174 Å². The molecule has 0 unspecified atom stereocenters. The van der Waals surface area contributed by atoms with E-state index in [4.69, 9.17) is 9.40 Å². The van der Waals surface area contributed by atoms with Crippen molar-refractivity contribution in [2.75, 3.05) is 4.90 Å². The first kappa shape index (κ1) is 26.2. The molecule has 0 radical (unpaired) electrons. The molecular weight excluding hydrogens is 560 g/mol. The van der Waals surface area contributed by atoms with Crippen LogP contribution in [-0.2, 0) is 0 Å². The molecule has 0 fully saturated rings. The zero-order valence-electron chi connectivity index (χ0n) is 25.0. The smallest absolute Gasteiger partial charge is 0.159 e. The SMILES string of the molecule is c1ccc(-c2nc3ccccc3cc2-c2ccc(N(c3ccc4ccccc4c3)c3cccc4c3oc3ccccc34)cc2)cc1. The van der Waals surface area contributed by atoms with Crippen LogP contribution in [0.25, 0.3) is 66.0 Å². The molecule has 0 amide bonds. The number of pyridine rings is 1. The van der Waals surface area contributed by atoms with Crippen molar-refractivity contribution in [2.45, 2.75) is 0 Å². The average molecular weight is 589 g/mol. The van der Waals surface area contributed by atoms with Gasteiger partial charge < -0.3 is 9.32 Å². The molecule has 0 aliphatic heterocycles. The van der Waals surface area contributed by atoms with Crippen LogP contribution in [-0.4, -0.2) is 4.98 Å². The standard InChI is InChI=1S/C43H28N2O/c1-2-12-31(13-3-1)42-38(28-33-15-6-8-18-39(33)44-42)30-22-24-34(25-23-30)45(35-26-21-29-11-4-5-14-32(29)27-35)40-19-10-17-37-36-16-7-9-20-41(36)46-43(37)40/h1-28H. The van der Waals surface area contributed by atoms with Crippen molar-refractivity contribution in [1.82, 2.24) is 4.98 Å². The third-order valence-corrected chi connectivity index (χ3v) is 8.82. The minimum Gasteiger partial charge on any atom is -0.454 e. The molecule has 2 heterocycles. The van der Waals surface area contributed by atoms with Gasteiger partial charge in [-0.25, -0.2) is 4.98 Å². The van der Waals surface area contributed by atoms with E-state index < -0.39 is 0 Å². The molecule has 3 heteroatoms. The maximum Gasteiger partial charge on any atom is 0.159 e. The summed E-state index contributed by atoms with van der Waals surface area (Å²) in [5.41, 5.74) is 10.1. The van der Waals surface area contributed by atoms with E-state index in [1.54, 1.807) is 0 Å². The van der Waals surface area contributed by atoms with Gasteiger partial charge in [0.15, 0.2) is 5.58 Å². The van der Waals surface area contributed by atoms with Gasteiger partial charge in [0.25, 0.3) is 0 Å². The average Bonchev–Trinajstić information content (AvgIpc) is 3.51. The van der Waals surface area contributed by atoms with E-state index in [1.165, 1.54) is 10.8 Å². The number of benzene rings is 7. The Morgan fingerprint density at radius 3 is 2.02 bits per heavy atom. The molecular formula is C43H28N2O. The predicted octanol–water partition coefficient (Wildman–Crippen LogP) is 12.1. The third kappa shape index (κ3) is 4.41. The van der Waals surface area contributed by atoms with Gasteiger partial charge in [-0.15, -0.1) is 0 Å². The molecule has 2 aromatic heterocycles. The summed E-state index contributed by atoms with van der Waals surface area (Å²) in [5.74, 6) is 0. The maximum absolute atomic E-state index is 6.54. The fraction of sp³-hybridized carbons (Fsp3) is 0. The van der Waals surface area contributed by atoms with Crippen LogP contribution in [0.2, 0.25) is 0 Å². The van der Waals surface area contributed by atoms with Gasteiger partial charge in [-0.1, -0.05) is 121 Å². The molecule has 0 bridgehead atoms. The van der Waals surface area contributed by atoms with E-state index in [9.17, 15) is 0 Å². The molecule has 0 saturated heterocycles. The molecule has 7 aromatic carbocycles. The predicted molar refractivity (Wildman–Crippen MR) is 192 cm³/mol. The number of aromatic nitrogens is 1. The summed E-state index contributed by atoms with van der Waals surface area (Å²) in [5, 5.41) is 5.74. The highest BCUT2D eigenvalue weighted by atomic mass is 16.3. The van der Waals surface area contributed by atoms with Crippen LogP contribution in [0.3, 0.4) is 0 Å². The molecule has 0 aliphatic carbocycles. The monoisotopic (exact) mass is 588 g/mol. The summed E-state index contributed by atoms with van der Waals surface area (Å²) >= 11 is 0. The molecule has 0 saturated carbocycles. The quantitative estimate of drug-likeness (QED) is 0.200. The Balaban J connectivity index is 1.23. The van der Waals surface area contributed by atoms with Crippen LogP contribution in [0.1, 0.15) is 0 Å². The number of anilines is 3. The Morgan fingerprint density at radius 2 is 1.15 bits per heavy atom. The van der Waals surface area contributed by atoms with Gasteiger partial charge in [0, 0.05) is 38.7 Å². The summed E-state index contributed by atoms with van der Waals surface area (Å²) in [6.07, 6.45) is 0. The second-order valence-electron chi connectivity index (χ2n) is 11.6. The van der Waals surface area contributed by atoms with Gasteiger partial charge in [-0.05, 0) is 64.9 Å². The van der Waals surface area contributed by atoms with Crippen LogP contribution < -0.4 is 4.90 Å². The minimum absolute atomic E-state index is 0.867. The van der Waals surface area contributed by atoms with Crippen molar-refractivity contribution in [2.24, 2.45) is 0 Å². The molecule has 0 spiro atoms. The van der Waals surface area contributed by atoms with Crippen molar-refractivity contribution in [1.29, 1.82) is 0 Å². The number of rotatable bonds is 5. The van der Waals surface area contributed by atoms with E-state index in [-0.39, 0.29) is 0 Å². The van der Waals surface area contributed by atoms with E-state index in [1.807, 2.05) is 24.3 Å². The fourth-order valence-electron chi connectivity index (χ4n) is 6.59. The van der Waals surface area contributed by atoms with Crippen molar-refractivity contribution in [3.63, 3.8) is 0 Å². The van der Waals surface area contributed by atoms with Crippen molar-refractivity contribution in [3.8, 4) is 22.4 Å². The first-order valence-electron chi connectivity index (χ1n) is 15.5. The third-order valence-electron chi connectivity index (χ3n) is 8.82. The molecule has 216 valence electrons. The number of para-hydroxylation sites is 3. The van der Waals surface area contributed by atoms with E-state index >= 15 is 0 Å². The van der Waals surface area contributed by atoms with Crippen molar-refractivity contribution >= 4 is 60.7 Å². The highest BCUT2D eigenvalue weighted by molar-refractivity contribution is 6.10. The normalized spacial score (nSPS) is 11.5. The Kier molecular flexibility index (Phi) is 6.14. The van der Waals surface area contributed by atoms with Gasteiger partial charge >= 0.3 is 0 Å². The minimum atomic E-state index is 0.867. The van der Waals surface area contributed by atoms with Gasteiger partial charge in [-0.2, -0.15) is 0 Å². The Labute approximate surface area is 266 Å². The molecule has 3 nitrogen and oxygen atoms in total. The Morgan fingerprint density at radius 1 is 0.457 bits per heavy atom. The number of hydrogen-bond acceptors (Lipinski definition) is 3. The molecule has 0 aliphatic rings. The maximum atomic E-state index is 6.54. The lowest BCUT2D eigenvalue weighted by molar-refractivity contribution is 0.669. The van der Waals surface area contributed by atoms with Crippen molar-refractivity contribution < 1.29 is 4.42 Å². The first-order chi connectivity index (χ1) is 22.8. The lowest BCUT2D eigenvalue weighted by Gasteiger charge is -2.26. The number of hydrogen-bond donors (Lipinski definition) is 0. The second kappa shape index (κ2) is 10.8. The van der Waals surface area contributed by atoms with Crippen LogP contribution in [0.4, 0.5) is 17.1 Å². The number of fused-ring (bicyclic) bond motifs is 5. The number of nitrogens with zero attached hydrogens (tertiary/aromatic N) is 2. The Bertz CT molecular complexity index is 2530. The van der Waals surface area contributed by atoms with Gasteiger partial charge in [0.2, 0.25) is 0 Å². The number of furan rings is 1. The van der Waals surface area contributed by atoms with Crippen molar-refractivity contribution in [3.05, 3.63) is 170 Å². The molecule has 9 rings (SSSR count). The largest absolute Gasteiger partial charge is 0.454 e. The van der Waals surface area contributed by atoms with Crippen LogP contribution in [0, 0.1) is 0 Å². The van der Waals surface area contributed by atoms with Gasteiger partial charge in [0.1, 0.15) is 5.58 Å². The highest BCUT2D eigenvalue weighted by Crippen LogP contribution is 2.43. The van der Waals surface area contributed by atoms with E-state index in [0.717, 1.165) is 72.3 Å². The van der Waals surface area contributed by atoms with E-state index in [2.05, 4.69) is 150 Å². The zero-order valence-corrected chi connectivity index (χ0v) is 25.0. The molecule has 46 heavy (non-hydrogen) atoms. The summed E-state index contributed by atoms with van der Waals surface area (Å²) in [7, 11) is 0. The van der Waals surface area contributed by atoms with Crippen LogP contribution in [0.5, 0.6) is 0 Å². The summed E-state index contributed by atoms with van der Waals surface area (Å²) < 4.78 is 6.54. The van der Waals surface area contributed by atoms with Gasteiger partial charge in [0.05, 0.1) is 16.9 Å². The topological polar surface area (TPSA) is 29.3 Å². The summed E-state index contributed by atoms with van der Waals surface area (Å²) in [4.78, 5) is 7.44. The molecule has 9 aromatic rings. The van der Waals surface area contributed by atoms with Crippen LogP contribution >= 0.6 is 0 Å².